The molecule has 2 aromatic rings. The van der Waals surface area contributed by atoms with Crippen LogP contribution < -0.4 is 5.32 Å². The van der Waals surface area contributed by atoms with Crippen LogP contribution in [0.15, 0.2) is 73.3 Å². The van der Waals surface area contributed by atoms with E-state index in [0.717, 1.165) is 17.5 Å². The summed E-state index contributed by atoms with van der Waals surface area (Å²) in [5.74, 6) is -0.600. The van der Waals surface area contributed by atoms with Crippen LogP contribution in [0.4, 0.5) is 4.79 Å². The minimum absolute atomic E-state index is 0.0294. The zero-order chi connectivity index (χ0) is 26.5. The fourth-order valence-corrected chi connectivity index (χ4v) is 3.88. The van der Waals surface area contributed by atoms with Gasteiger partial charge in [0.05, 0.1) is 19.8 Å². The number of amides is 1. The molecule has 0 spiro atoms. The fraction of sp³-hybridized carbons (Fsp3) is 0.429. The first-order valence-corrected chi connectivity index (χ1v) is 12.3. The summed E-state index contributed by atoms with van der Waals surface area (Å²) in [5, 5.41) is 13.8. The molecule has 0 bridgehead atoms. The summed E-state index contributed by atoms with van der Waals surface area (Å²) in [5.41, 5.74) is 1.77. The van der Waals surface area contributed by atoms with Gasteiger partial charge in [0.25, 0.3) is 0 Å². The molecule has 1 heterocycles. The molecule has 0 aromatic heterocycles. The van der Waals surface area contributed by atoms with Gasteiger partial charge >= 0.3 is 12.1 Å². The van der Waals surface area contributed by atoms with Crippen molar-refractivity contribution < 1.29 is 38.4 Å². The van der Waals surface area contributed by atoms with Gasteiger partial charge < -0.3 is 34.1 Å². The second-order valence-corrected chi connectivity index (χ2v) is 8.64. The van der Waals surface area contributed by atoms with Crippen molar-refractivity contribution >= 4 is 12.1 Å². The molecule has 1 fully saturated rings. The molecule has 9 heteroatoms. The first-order chi connectivity index (χ1) is 18.0. The second-order valence-electron chi connectivity index (χ2n) is 8.64. The van der Waals surface area contributed by atoms with Crippen LogP contribution in [0.2, 0.25) is 0 Å². The van der Waals surface area contributed by atoms with E-state index in [0.29, 0.717) is 19.6 Å². The van der Waals surface area contributed by atoms with E-state index < -0.39 is 42.7 Å². The Bertz CT molecular complexity index is 971. The van der Waals surface area contributed by atoms with Crippen molar-refractivity contribution in [3.63, 3.8) is 0 Å². The molecule has 0 unspecified atom stereocenters. The Morgan fingerprint density at radius 2 is 1.70 bits per heavy atom. The van der Waals surface area contributed by atoms with Crippen molar-refractivity contribution in [3.05, 3.63) is 84.4 Å². The highest BCUT2D eigenvalue weighted by molar-refractivity contribution is 5.68. The SMILES string of the molecule is C=CCCCO[C@@H]1O[C@H](COCc2ccccc2)[C@@H](OC(C)=O)[C@H](O)[C@H]1NC(=O)OCc1ccccc1. The van der Waals surface area contributed by atoms with Gasteiger partial charge in [0, 0.05) is 6.92 Å². The number of hydrogen-bond acceptors (Lipinski definition) is 8. The average Bonchev–Trinajstić information content (AvgIpc) is 2.90. The predicted octanol–water partition coefficient (Wildman–Crippen LogP) is 3.50. The normalized spacial score (nSPS) is 23.1. The van der Waals surface area contributed by atoms with Crippen molar-refractivity contribution in [1.82, 2.24) is 5.32 Å². The van der Waals surface area contributed by atoms with E-state index in [9.17, 15) is 14.7 Å². The maximum atomic E-state index is 12.6. The van der Waals surface area contributed by atoms with Crippen molar-refractivity contribution in [2.45, 2.75) is 63.6 Å². The number of carbonyl (C=O) groups is 2. The number of carbonyl (C=O) groups excluding carboxylic acids is 2. The van der Waals surface area contributed by atoms with E-state index in [1.165, 1.54) is 6.92 Å². The first-order valence-electron chi connectivity index (χ1n) is 12.3. The maximum absolute atomic E-state index is 12.6. The van der Waals surface area contributed by atoms with Crippen molar-refractivity contribution in [2.24, 2.45) is 0 Å². The van der Waals surface area contributed by atoms with Gasteiger partial charge in [-0.2, -0.15) is 0 Å². The van der Waals surface area contributed by atoms with E-state index in [1.54, 1.807) is 6.08 Å². The summed E-state index contributed by atoms with van der Waals surface area (Å²) >= 11 is 0. The van der Waals surface area contributed by atoms with E-state index >= 15 is 0 Å². The van der Waals surface area contributed by atoms with Gasteiger partial charge in [-0.15, -0.1) is 6.58 Å². The average molecular weight is 514 g/mol. The van der Waals surface area contributed by atoms with Crippen LogP contribution in [0, 0.1) is 0 Å². The maximum Gasteiger partial charge on any atom is 0.407 e. The lowest BCUT2D eigenvalue weighted by atomic mass is 9.96. The molecule has 1 aliphatic heterocycles. The summed E-state index contributed by atoms with van der Waals surface area (Å²) in [6.07, 6.45) is -1.88. The molecule has 1 amide bonds. The summed E-state index contributed by atoms with van der Waals surface area (Å²) in [4.78, 5) is 24.4. The van der Waals surface area contributed by atoms with Crippen molar-refractivity contribution in [3.8, 4) is 0 Å². The summed E-state index contributed by atoms with van der Waals surface area (Å²) in [7, 11) is 0. The minimum Gasteiger partial charge on any atom is -0.457 e. The van der Waals surface area contributed by atoms with Gasteiger partial charge in [-0.05, 0) is 24.0 Å². The van der Waals surface area contributed by atoms with Crippen LogP contribution in [0.25, 0.3) is 0 Å². The molecule has 200 valence electrons. The zero-order valence-corrected chi connectivity index (χ0v) is 21.0. The molecule has 3 rings (SSSR count). The van der Waals surface area contributed by atoms with Crippen LogP contribution in [-0.2, 0) is 41.7 Å². The first kappa shape index (κ1) is 28.3. The minimum atomic E-state index is -1.34. The smallest absolute Gasteiger partial charge is 0.407 e. The molecule has 2 aromatic carbocycles. The van der Waals surface area contributed by atoms with E-state index in [-0.39, 0.29) is 13.2 Å². The van der Waals surface area contributed by atoms with Gasteiger partial charge in [0.1, 0.15) is 24.9 Å². The van der Waals surface area contributed by atoms with Crippen LogP contribution >= 0.6 is 0 Å². The highest BCUT2D eigenvalue weighted by Gasteiger charge is 2.48. The van der Waals surface area contributed by atoms with Crippen molar-refractivity contribution in [1.29, 1.82) is 0 Å². The van der Waals surface area contributed by atoms with Gasteiger partial charge in [-0.3, -0.25) is 4.79 Å². The Hall–Kier alpha value is -3.24. The molecule has 37 heavy (non-hydrogen) atoms. The Kier molecular flexibility index (Phi) is 11.6. The van der Waals surface area contributed by atoms with Gasteiger partial charge in [-0.1, -0.05) is 66.7 Å². The topological polar surface area (TPSA) is 113 Å². The lowest BCUT2D eigenvalue weighted by Crippen LogP contribution is -2.65. The van der Waals surface area contributed by atoms with E-state index in [4.69, 9.17) is 23.7 Å². The third kappa shape index (κ3) is 9.29. The number of nitrogens with one attached hydrogen (secondary N) is 1. The molecule has 1 saturated heterocycles. The van der Waals surface area contributed by atoms with E-state index in [2.05, 4.69) is 11.9 Å². The van der Waals surface area contributed by atoms with Crippen LogP contribution in [0.5, 0.6) is 0 Å². The number of unbranched alkanes of at least 4 members (excludes halogenated alkanes) is 1. The highest BCUT2D eigenvalue weighted by atomic mass is 16.7. The molecular formula is C28H35NO8. The number of hydrogen-bond donors (Lipinski definition) is 2. The third-order valence-electron chi connectivity index (χ3n) is 5.70. The monoisotopic (exact) mass is 513 g/mol. The van der Waals surface area contributed by atoms with E-state index in [1.807, 2.05) is 60.7 Å². The lowest BCUT2D eigenvalue weighted by molar-refractivity contribution is -0.276. The zero-order valence-electron chi connectivity index (χ0n) is 21.0. The number of benzene rings is 2. The standard InChI is InChI=1S/C28H35NO8/c1-3-4-11-16-34-27-24(29-28(32)35-18-22-14-9-6-10-15-22)25(31)26(36-20(2)30)23(37-27)19-33-17-21-12-7-5-8-13-21/h3,5-10,12-15,23-27,31H,1,4,11,16-19H2,2H3,(H,29,32)/t23-,24-,25-,26-,27-/m1/s1. The molecule has 2 N–H and O–H groups in total. The fourth-order valence-electron chi connectivity index (χ4n) is 3.88. The third-order valence-corrected chi connectivity index (χ3v) is 5.70. The summed E-state index contributed by atoms with van der Waals surface area (Å²) in [6, 6.07) is 17.7. The van der Waals surface area contributed by atoms with Crippen LogP contribution in [0.1, 0.15) is 30.9 Å². The molecule has 0 radical (unpaired) electrons. The Balaban J connectivity index is 1.68. The van der Waals surface area contributed by atoms with Crippen molar-refractivity contribution in [2.75, 3.05) is 13.2 Å². The lowest BCUT2D eigenvalue weighted by Gasteiger charge is -2.43. The number of allylic oxidation sites excluding steroid dienone is 1. The summed E-state index contributed by atoms with van der Waals surface area (Å²) in [6.45, 7) is 5.62. The molecule has 0 saturated carbocycles. The predicted molar refractivity (Wildman–Crippen MR) is 135 cm³/mol. The number of ether oxygens (including phenoxy) is 5. The number of rotatable bonds is 13. The quantitative estimate of drug-likeness (QED) is 0.238. The Morgan fingerprint density at radius 1 is 1.05 bits per heavy atom. The Morgan fingerprint density at radius 3 is 2.32 bits per heavy atom. The number of esters is 1. The molecule has 9 nitrogen and oxygen atoms in total. The molecule has 0 aliphatic carbocycles. The largest absolute Gasteiger partial charge is 0.457 e. The van der Waals surface area contributed by atoms with Crippen LogP contribution in [-0.4, -0.2) is 61.0 Å². The number of aliphatic hydroxyl groups excluding tert-OH is 1. The summed E-state index contributed by atoms with van der Waals surface area (Å²) < 4.78 is 28.5. The Labute approximate surface area is 217 Å². The van der Waals surface area contributed by atoms with Gasteiger partial charge in [0.15, 0.2) is 12.4 Å². The highest BCUT2D eigenvalue weighted by Crippen LogP contribution is 2.26. The second kappa shape index (κ2) is 15.1. The van der Waals surface area contributed by atoms with Crippen LogP contribution in [0.3, 0.4) is 0 Å². The molecular weight excluding hydrogens is 478 g/mol. The van der Waals surface area contributed by atoms with Gasteiger partial charge in [0.2, 0.25) is 0 Å². The number of aliphatic hydroxyl groups is 1. The molecule has 5 atom stereocenters. The van der Waals surface area contributed by atoms with Gasteiger partial charge in [-0.25, -0.2) is 4.79 Å². The molecule has 1 aliphatic rings. The number of alkyl carbamates (subject to hydrolysis) is 1.